The molecule has 0 radical (unpaired) electrons. The lowest BCUT2D eigenvalue weighted by molar-refractivity contribution is -0.195. The first-order valence-electron chi connectivity index (χ1n) is 10.2. The average Bonchev–Trinajstić information content (AvgIpc) is 3.40. The van der Waals surface area contributed by atoms with Crippen LogP contribution in [0.15, 0.2) is 41.3 Å². The summed E-state index contributed by atoms with van der Waals surface area (Å²) in [6, 6.07) is 6.44. The molecule has 158 valence electrons. The maximum atomic E-state index is 13.5. The topological polar surface area (TPSA) is 66.0 Å². The highest BCUT2D eigenvalue weighted by molar-refractivity contribution is 5.91. The van der Waals surface area contributed by atoms with Gasteiger partial charge < -0.3 is 10.3 Å². The van der Waals surface area contributed by atoms with Crippen LogP contribution >= 0.6 is 0 Å². The molecule has 0 bridgehead atoms. The molecule has 1 aliphatic heterocycles. The molecule has 9 heteroatoms. The number of H-pyrrole nitrogens is 1. The molecule has 2 fully saturated rings. The Morgan fingerprint density at radius 2 is 1.90 bits per heavy atom. The zero-order valence-corrected chi connectivity index (χ0v) is 16.2. The number of aromatic nitrogens is 3. The Hall–Kier alpha value is -2.81. The first kappa shape index (κ1) is 19.2. The molecule has 1 aliphatic carbocycles. The van der Waals surface area contributed by atoms with Crippen LogP contribution in [0, 0.1) is 5.92 Å². The summed E-state index contributed by atoms with van der Waals surface area (Å²) in [5.74, 6) is 0.996. The summed E-state index contributed by atoms with van der Waals surface area (Å²) in [5.41, 5.74) is 1.31. The third-order valence-electron chi connectivity index (χ3n) is 5.86. The van der Waals surface area contributed by atoms with E-state index in [9.17, 15) is 18.0 Å². The van der Waals surface area contributed by atoms with E-state index in [1.807, 2.05) is 10.7 Å². The lowest BCUT2D eigenvalue weighted by Gasteiger charge is -2.39. The SMILES string of the molecule is O=c1[nH]ccc2c1c(Nc1ccc(C(N3CCC3)C(F)(F)F)cc1)nn2CC1CC1. The number of anilines is 2. The Morgan fingerprint density at radius 1 is 1.17 bits per heavy atom. The fourth-order valence-electron chi connectivity index (χ4n) is 4.00. The van der Waals surface area contributed by atoms with Gasteiger partial charge in [-0.05, 0) is 48.9 Å². The van der Waals surface area contributed by atoms with E-state index in [0.717, 1.165) is 31.3 Å². The largest absolute Gasteiger partial charge is 0.408 e. The van der Waals surface area contributed by atoms with Crippen molar-refractivity contribution in [1.29, 1.82) is 0 Å². The molecule has 30 heavy (non-hydrogen) atoms. The van der Waals surface area contributed by atoms with Gasteiger partial charge in [0, 0.05) is 31.5 Å². The Balaban J connectivity index is 1.43. The fourth-order valence-corrected chi connectivity index (χ4v) is 4.00. The maximum absolute atomic E-state index is 13.5. The summed E-state index contributed by atoms with van der Waals surface area (Å²) in [4.78, 5) is 16.5. The standard InChI is InChI=1S/C21H22F3N5O/c22-21(23,24)18(28-10-1-11-28)14-4-6-15(7-5-14)26-19-17-16(8-9-25-20(17)30)29(27-19)12-13-2-3-13/h4-9,13,18H,1-3,10-12H2,(H,25,30)(H,26,27). The lowest BCUT2D eigenvalue weighted by atomic mass is 10.0. The van der Waals surface area contributed by atoms with Gasteiger partial charge in [-0.15, -0.1) is 0 Å². The fraction of sp³-hybridized carbons (Fsp3) is 0.429. The number of nitrogens with zero attached hydrogens (tertiary/aromatic N) is 3. The van der Waals surface area contributed by atoms with Crippen LogP contribution < -0.4 is 10.9 Å². The van der Waals surface area contributed by atoms with Gasteiger partial charge in [0.25, 0.3) is 5.56 Å². The van der Waals surface area contributed by atoms with Crippen LogP contribution in [0.4, 0.5) is 24.7 Å². The zero-order chi connectivity index (χ0) is 20.9. The van der Waals surface area contributed by atoms with Crippen LogP contribution in [0.5, 0.6) is 0 Å². The molecule has 1 aromatic carbocycles. The number of fused-ring (bicyclic) bond motifs is 1. The molecule has 0 spiro atoms. The number of aromatic amines is 1. The summed E-state index contributed by atoms with van der Waals surface area (Å²) < 4.78 is 42.5. The third kappa shape index (κ3) is 3.58. The molecule has 1 saturated carbocycles. The highest BCUT2D eigenvalue weighted by atomic mass is 19.4. The number of hydrogen-bond acceptors (Lipinski definition) is 4. The van der Waals surface area contributed by atoms with Gasteiger partial charge in [-0.2, -0.15) is 18.3 Å². The summed E-state index contributed by atoms with van der Waals surface area (Å²) in [6.45, 7) is 1.67. The minimum absolute atomic E-state index is 0.217. The van der Waals surface area contributed by atoms with Crippen molar-refractivity contribution in [3.8, 4) is 0 Å². The smallest absolute Gasteiger partial charge is 0.338 e. The van der Waals surface area contributed by atoms with Crippen molar-refractivity contribution >= 4 is 22.4 Å². The van der Waals surface area contributed by atoms with Gasteiger partial charge >= 0.3 is 6.18 Å². The first-order valence-corrected chi connectivity index (χ1v) is 10.2. The number of benzene rings is 1. The van der Waals surface area contributed by atoms with Crippen LogP contribution in [0.25, 0.3) is 10.9 Å². The number of alkyl halides is 3. The number of rotatable bonds is 6. The summed E-state index contributed by atoms with van der Waals surface area (Å²) in [7, 11) is 0. The molecular weight excluding hydrogens is 395 g/mol. The number of pyridine rings is 1. The van der Waals surface area contributed by atoms with Crippen molar-refractivity contribution in [2.75, 3.05) is 18.4 Å². The lowest BCUT2D eigenvalue weighted by Crippen LogP contribution is -2.46. The first-order chi connectivity index (χ1) is 14.4. The number of hydrogen-bond donors (Lipinski definition) is 2. The van der Waals surface area contributed by atoms with Gasteiger partial charge in [0.05, 0.1) is 5.52 Å². The second-order valence-electron chi connectivity index (χ2n) is 8.12. The number of likely N-dealkylation sites (tertiary alicyclic amines) is 1. The minimum atomic E-state index is -4.32. The summed E-state index contributed by atoms with van der Waals surface area (Å²) >= 11 is 0. The van der Waals surface area contributed by atoms with Crippen molar-refractivity contribution in [3.05, 3.63) is 52.4 Å². The van der Waals surface area contributed by atoms with E-state index in [1.54, 1.807) is 18.3 Å². The Labute approximate surface area is 170 Å². The van der Waals surface area contributed by atoms with Gasteiger partial charge in [-0.1, -0.05) is 12.1 Å². The van der Waals surface area contributed by atoms with E-state index in [1.165, 1.54) is 17.0 Å². The van der Waals surface area contributed by atoms with Crippen LogP contribution in [-0.2, 0) is 6.54 Å². The van der Waals surface area contributed by atoms with Crippen LogP contribution in [0.2, 0.25) is 0 Å². The molecule has 1 atom stereocenters. The Bertz CT molecular complexity index is 1110. The molecule has 6 nitrogen and oxygen atoms in total. The predicted octanol–water partition coefficient (Wildman–Crippen LogP) is 4.19. The molecule has 3 aromatic rings. The second-order valence-corrected chi connectivity index (χ2v) is 8.12. The van der Waals surface area contributed by atoms with E-state index < -0.39 is 12.2 Å². The van der Waals surface area contributed by atoms with Gasteiger partial charge in [0.15, 0.2) is 5.82 Å². The highest BCUT2D eigenvalue weighted by Gasteiger charge is 2.46. The number of nitrogens with one attached hydrogen (secondary N) is 2. The van der Waals surface area contributed by atoms with Crippen molar-refractivity contribution in [1.82, 2.24) is 19.7 Å². The molecule has 2 N–H and O–H groups in total. The van der Waals surface area contributed by atoms with Crippen LogP contribution in [0.3, 0.4) is 0 Å². The maximum Gasteiger partial charge on any atom is 0.408 e. The van der Waals surface area contributed by atoms with E-state index in [2.05, 4.69) is 15.4 Å². The molecule has 2 aliphatic rings. The predicted molar refractivity (Wildman–Crippen MR) is 108 cm³/mol. The summed E-state index contributed by atoms with van der Waals surface area (Å²) in [6.07, 6.45) is 0.386. The van der Waals surface area contributed by atoms with E-state index >= 15 is 0 Å². The van der Waals surface area contributed by atoms with Crippen molar-refractivity contribution < 1.29 is 13.2 Å². The van der Waals surface area contributed by atoms with E-state index in [0.29, 0.717) is 35.9 Å². The summed E-state index contributed by atoms with van der Waals surface area (Å²) in [5, 5.41) is 8.14. The van der Waals surface area contributed by atoms with Crippen LogP contribution in [-0.4, -0.2) is 38.9 Å². The second kappa shape index (κ2) is 7.16. The molecule has 3 heterocycles. The molecule has 5 rings (SSSR count). The van der Waals surface area contributed by atoms with Crippen LogP contribution in [0.1, 0.15) is 30.9 Å². The average molecular weight is 417 g/mol. The molecule has 1 saturated heterocycles. The van der Waals surface area contributed by atoms with Gasteiger partial charge in [-0.25, -0.2) is 0 Å². The molecular formula is C21H22F3N5O. The van der Waals surface area contributed by atoms with Gasteiger partial charge in [0.2, 0.25) is 0 Å². The Morgan fingerprint density at radius 3 is 2.50 bits per heavy atom. The van der Waals surface area contributed by atoms with E-state index in [4.69, 9.17) is 0 Å². The van der Waals surface area contributed by atoms with Gasteiger partial charge in [-0.3, -0.25) is 14.4 Å². The zero-order valence-electron chi connectivity index (χ0n) is 16.2. The normalized spacial score (nSPS) is 18.4. The highest BCUT2D eigenvalue weighted by Crippen LogP contribution is 2.40. The van der Waals surface area contributed by atoms with Crippen molar-refractivity contribution in [3.63, 3.8) is 0 Å². The van der Waals surface area contributed by atoms with Crippen molar-refractivity contribution in [2.45, 2.75) is 38.0 Å². The van der Waals surface area contributed by atoms with Gasteiger partial charge in [0.1, 0.15) is 11.4 Å². The minimum Gasteiger partial charge on any atom is -0.338 e. The molecule has 2 aromatic heterocycles. The van der Waals surface area contributed by atoms with Crippen molar-refractivity contribution in [2.24, 2.45) is 5.92 Å². The monoisotopic (exact) mass is 417 g/mol. The number of halogens is 3. The molecule has 1 unspecified atom stereocenters. The quantitative estimate of drug-likeness (QED) is 0.631. The third-order valence-corrected chi connectivity index (χ3v) is 5.86. The van der Waals surface area contributed by atoms with E-state index in [-0.39, 0.29) is 11.1 Å². The Kier molecular flexibility index (Phi) is 4.57. The molecule has 0 amide bonds.